The van der Waals surface area contributed by atoms with E-state index in [1.807, 2.05) is 26.1 Å². The molecule has 0 bridgehead atoms. The van der Waals surface area contributed by atoms with Crippen molar-refractivity contribution in [2.24, 2.45) is 5.73 Å². The molecule has 1 rings (SSSR count). The second-order valence-corrected chi connectivity index (χ2v) is 4.06. The Morgan fingerprint density at radius 2 is 1.88 bits per heavy atom. The highest BCUT2D eigenvalue weighted by molar-refractivity contribution is 5.47. The quantitative estimate of drug-likeness (QED) is 0.790. The fraction of sp³-hybridized carbons (Fsp3) is 0.538. The van der Waals surface area contributed by atoms with E-state index in [-0.39, 0.29) is 6.04 Å². The minimum Gasteiger partial charge on any atom is -0.496 e. The topological polar surface area (TPSA) is 56.5 Å². The molecule has 0 amide bonds. The summed E-state index contributed by atoms with van der Waals surface area (Å²) in [5.41, 5.74) is 8.20. The van der Waals surface area contributed by atoms with Gasteiger partial charge in [0.25, 0.3) is 0 Å². The van der Waals surface area contributed by atoms with E-state index >= 15 is 0 Å². The Morgan fingerprint density at radius 1 is 1.24 bits per heavy atom. The van der Waals surface area contributed by atoms with Crippen LogP contribution >= 0.6 is 0 Å². The van der Waals surface area contributed by atoms with Crippen molar-refractivity contribution < 1.29 is 9.47 Å². The van der Waals surface area contributed by atoms with Crippen molar-refractivity contribution in [3.05, 3.63) is 23.3 Å². The molecule has 17 heavy (non-hydrogen) atoms. The molecule has 0 aromatic heterocycles. The van der Waals surface area contributed by atoms with Crippen LogP contribution in [0, 0.1) is 6.92 Å². The van der Waals surface area contributed by atoms with Gasteiger partial charge in [-0.15, -0.1) is 0 Å². The van der Waals surface area contributed by atoms with Crippen molar-refractivity contribution in [3.8, 4) is 11.5 Å². The zero-order valence-corrected chi connectivity index (χ0v) is 11.0. The molecule has 1 atom stereocenters. The predicted molar refractivity (Wildman–Crippen MR) is 69.8 cm³/mol. The molecule has 1 aromatic rings. The van der Waals surface area contributed by atoms with Crippen LogP contribution in [0.1, 0.15) is 23.6 Å². The lowest BCUT2D eigenvalue weighted by Gasteiger charge is -2.18. The SMILES string of the molecule is CNCCC(N)c1cc(OC)c(C)cc1OC. The minimum atomic E-state index is -0.0492. The molecule has 0 saturated heterocycles. The largest absolute Gasteiger partial charge is 0.496 e. The summed E-state index contributed by atoms with van der Waals surface area (Å²) in [4.78, 5) is 0. The van der Waals surface area contributed by atoms with E-state index in [1.165, 1.54) is 0 Å². The number of nitrogens with two attached hydrogens (primary N) is 1. The zero-order valence-electron chi connectivity index (χ0n) is 11.0. The Balaban J connectivity index is 3.02. The van der Waals surface area contributed by atoms with Crippen LogP contribution in [0.5, 0.6) is 11.5 Å². The van der Waals surface area contributed by atoms with Crippen molar-refractivity contribution >= 4 is 0 Å². The third kappa shape index (κ3) is 3.35. The highest BCUT2D eigenvalue weighted by Gasteiger charge is 2.14. The molecule has 3 N–H and O–H groups in total. The summed E-state index contributed by atoms with van der Waals surface area (Å²) >= 11 is 0. The lowest BCUT2D eigenvalue weighted by Crippen LogP contribution is -2.18. The van der Waals surface area contributed by atoms with Gasteiger partial charge >= 0.3 is 0 Å². The molecule has 0 saturated carbocycles. The molecule has 0 fully saturated rings. The van der Waals surface area contributed by atoms with E-state index < -0.39 is 0 Å². The van der Waals surface area contributed by atoms with E-state index in [2.05, 4.69) is 5.32 Å². The first kappa shape index (κ1) is 13.8. The van der Waals surface area contributed by atoms with E-state index in [0.29, 0.717) is 0 Å². The van der Waals surface area contributed by atoms with E-state index in [1.54, 1.807) is 14.2 Å². The summed E-state index contributed by atoms with van der Waals surface area (Å²) in [5.74, 6) is 1.67. The van der Waals surface area contributed by atoms with Gasteiger partial charge in [-0.1, -0.05) is 0 Å². The monoisotopic (exact) mass is 238 g/mol. The number of aryl methyl sites for hydroxylation is 1. The predicted octanol–water partition coefficient (Wildman–Crippen LogP) is 1.62. The Labute approximate surface area is 103 Å². The Morgan fingerprint density at radius 3 is 2.41 bits per heavy atom. The third-order valence-corrected chi connectivity index (χ3v) is 2.85. The van der Waals surface area contributed by atoms with Crippen LogP contribution in [0.3, 0.4) is 0 Å². The van der Waals surface area contributed by atoms with Crippen molar-refractivity contribution in [1.29, 1.82) is 0 Å². The molecule has 1 aromatic carbocycles. The van der Waals surface area contributed by atoms with Gasteiger partial charge in [0.05, 0.1) is 14.2 Å². The van der Waals surface area contributed by atoms with Crippen LogP contribution in [0.25, 0.3) is 0 Å². The average molecular weight is 238 g/mol. The highest BCUT2D eigenvalue weighted by atomic mass is 16.5. The lowest BCUT2D eigenvalue weighted by molar-refractivity contribution is 0.391. The molecule has 4 heteroatoms. The van der Waals surface area contributed by atoms with Gasteiger partial charge in [0.1, 0.15) is 11.5 Å². The summed E-state index contributed by atoms with van der Waals surface area (Å²) in [6.45, 7) is 2.87. The molecular weight excluding hydrogens is 216 g/mol. The average Bonchev–Trinajstić information content (AvgIpc) is 2.35. The van der Waals surface area contributed by atoms with E-state index in [4.69, 9.17) is 15.2 Å². The van der Waals surface area contributed by atoms with Gasteiger partial charge < -0.3 is 20.5 Å². The number of benzene rings is 1. The fourth-order valence-electron chi connectivity index (χ4n) is 1.82. The van der Waals surface area contributed by atoms with Crippen LogP contribution in [-0.4, -0.2) is 27.8 Å². The summed E-state index contributed by atoms with van der Waals surface area (Å²) < 4.78 is 10.7. The van der Waals surface area contributed by atoms with Gasteiger partial charge in [-0.25, -0.2) is 0 Å². The summed E-state index contributed by atoms with van der Waals surface area (Å²) in [6.07, 6.45) is 0.860. The van der Waals surface area contributed by atoms with Gasteiger partial charge in [0, 0.05) is 11.6 Å². The van der Waals surface area contributed by atoms with Gasteiger partial charge in [0.15, 0.2) is 0 Å². The van der Waals surface area contributed by atoms with Crippen molar-refractivity contribution in [2.75, 3.05) is 27.8 Å². The number of hydrogen-bond donors (Lipinski definition) is 2. The Hall–Kier alpha value is -1.26. The number of nitrogens with one attached hydrogen (secondary N) is 1. The first-order valence-electron chi connectivity index (χ1n) is 5.76. The summed E-state index contributed by atoms with van der Waals surface area (Å²) in [5, 5.41) is 3.09. The van der Waals surface area contributed by atoms with Crippen LogP contribution in [0.15, 0.2) is 12.1 Å². The minimum absolute atomic E-state index is 0.0492. The molecule has 0 heterocycles. The molecule has 0 aliphatic carbocycles. The molecule has 0 radical (unpaired) electrons. The normalized spacial score (nSPS) is 12.3. The maximum Gasteiger partial charge on any atom is 0.124 e. The van der Waals surface area contributed by atoms with Crippen molar-refractivity contribution in [3.63, 3.8) is 0 Å². The Bertz CT molecular complexity index is 367. The van der Waals surface area contributed by atoms with Crippen LogP contribution in [0.2, 0.25) is 0 Å². The smallest absolute Gasteiger partial charge is 0.124 e. The van der Waals surface area contributed by atoms with Gasteiger partial charge in [-0.05, 0) is 44.6 Å². The first-order chi connectivity index (χ1) is 8.13. The number of rotatable bonds is 6. The highest BCUT2D eigenvalue weighted by Crippen LogP contribution is 2.32. The van der Waals surface area contributed by atoms with E-state index in [0.717, 1.165) is 35.6 Å². The maximum atomic E-state index is 6.16. The van der Waals surface area contributed by atoms with Crippen LogP contribution < -0.4 is 20.5 Å². The first-order valence-corrected chi connectivity index (χ1v) is 5.76. The van der Waals surface area contributed by atoms with Gasteiger partial charge in [-0.2, -0.15) is 0 Å². The van der Waals surface area contributed by atoms with Gasteiger partial charge in [0.2, 0.25) is 0 Å². The number of methoxy groups -OCH3 is 2. The zero-order chi connectivity index (χ0) is 12.8. The number of hydrogen-bond acceptors (Lipinski definition) is 4. The summed E-state index contributed by atoms with van der Waals surface area (Å²) in [7, 11) is 5.24. The van der Waals surface area contributed by atoms with Crippen molar-refractivity contribution in [1.82, 2.24) is 5.32 Å². The fourth-order valence-corrected chi connectivity index (χ4v) is 1.82. The molecule has 0 aliphatic heterocycles. The molecule has 96 valence electrons. The second kappa shape index (κ2) is 6.47. The maximum absolute atomic E-state index is 6.16. The van der Waals surface area contributed by atoms with Crippen LogP contribution in [-0.2, 0) is 0 Å². The van der Waals surface area contributed by atoms with Crippen LogP contribution in [0.4, 0.5) is 0 Å². The molecule has 1 unspecified atom stereocenters. The molecular formula is C13H22N2O2. The third-order valence-electron chi connectivity index (χ3n) is 2.85. The molecule has 0 aliphatic rings. The standard InChI is InChI=1S/C13H22N2O2/c1-9-7-13(17-4)10(8-12(9)16-3)11(14)5-6-15-2/h7-8,11,15H,5-6,14H2,1-4H3. The number of ether oxygens (including phenoxy) is 2. The van der Waals surface area contributed by atoms with Crippen molar-refractivity contribution in [2.45, 2.75) is 19.4 Å². The van der Waals surface area contributed by atoms with Gasteiger partial charge in [-0.3, -0.25) is 0 Å². The lowest BCUT2D eigenvalue weighted by atomic mass is 10.0. The molecule has 4 nitrogen and oxygen atoms in total. The van der Waals surface area contributed by atoms with E-state index in [9.17, 15) is 0 Å². The molecule has 0 spiro atoms. The summed E-state index contributed by atoms with van der Waals surface area (Å²) in [6, 6.07) is 3.88. The Kier molecular flexibility index (Phi) is 5.25. The second-order valence-electron chi connectivity index (χ2n) is 4.06.